The highest BCUT2D eigenvalue weighted by Gasteiger charge is 2.22. The Morgan fingerprint density at radius 1 is 0.267 bits per heavy atom. The van der Waals surface area contributed by atoms with Crippen molar-refractivity contribution < 1.29 is 8.83 Å². The Morgan fingerprint density at radius 2 is 0.750 bits per heavy atom. The molecule has 0 saturated carbocycles. The maximum atomic E-state index is 6.62. The lowest BCUT2D eigenvalue weighted by atomic mass is 9.94. The zero-order valence-electron chi connectivity index (χ0n) is 32.2. The van der Waals surface area contributed by atoms with Crippen molar-refractivity contribution in [3.05, 3.63) is 200 Å². The lowest BCUT2D eigenvalue weighted by Crippen LogP contribution is -2.01. The Balaban J connectivity index is 1.07. The van der Waals surface area contributed by atoms with Gasteiger partial charge in [-0.05, 0) is 80.6 Å². The first-order valence-electron chi connectivity index (χ1n) is 20.1. The van der Waals surface area contributed by atoms with Crippen LogP contribution in [-0.4, -0.2) is 15.0 Å². The number of para-hydroxylation sites is 1. The summed E-state index contributed by atoms with van der Waals surface area (Å²) in [5.41, 5.74) is 12.5. The van der Waals surface area contributed by atoms with Crippen molar-refractivity contribution in [1.29, 1.82) is 0 Å². The minimum Gasteiger partial charge on any atom is -0.456 e. The second-order valence-electron chi connectivity index (χ2n) is 15.1. The summed E-state index contributed by atoms with van der Waals surface area (Å²) < 4.78 is 12.9. The zero-order valence-corrected chi connectivity index (χ0v) is 32.2. The molecular weight excluding hydrogens is 735 g/mol. The van der Waals surface area contributed by atoms with Crippen LogP contribution in [0.15, 0.2) is 209 Å². The van der Waals surface area contributed by atoms with Crippen LogP contribution in [0.1, 0.15) is 0 Å². The topological polar surface area (TPSA) is 65.0 Å². The summed E-state index contributed by atoms with van der Waals surface area (Å²) in [4.78, 5) is 15.8. The van der Waals surface area contributed by atoms with Gasteiger partial charge in [0.05, 0.1) is 0 Å². The van der Waals surface area contributed by atoms with Crippen molar-refractivity contribution >= 4 is 54.6 Å². The van der Waals surface area contributed by atoms with E-state index in [-0.39, 0.29) is 0 Å². The molecule has 5 heteroatoms. The van der Waals surface area contributed by atoms with E-state index in [0.29, 0.717) is 17.5 Å². The summed E-state index contributed by atoms with van der Waals surface area (Å²) in [6.07, 6.45) is 0. The average Bonchev–Trinajstić information content (AvgIpc) is 3.91. The van der Waals surface area contributed by atoms with Gasteiger partial charge in [-0.2, -0.15) is 0 Å². The largest absolute Gasteiger partial charge is 0.456 e. The van der Waals surface area contributed by atoms with Gasteiger partial charge in [-0.3, -0.25) is 0 Å². The SMILES string of the molecule is c1ccc(-c2cccc(-c3cccc4oc5cccc(-c6nc(-c7ccc(-c8ccc9ccccc9c8)cc7)nc(-c7cccc8oc9ccccc9c78)n6)c5c34)c2)cc1. The van der Waals surface area contributed by atoms with Crippen molar-refractivity contribution in [3.63, 3.8) is 0 Å². The Hall–Kier alpha value is -8.15. The first-order valence-corrected chi connectivity index (χ1v) is 20.1. The van der Waals surface area contributed by atoms with Gasteiger partial charge < -0.3 is 8.83 Å². The molecule has 0 aliphatic rings. The van der Waals surface area contributed by atoms with Crippen molar-refractivity contribution in [2.75, 3.05) is 0 Å². The number of fused-ring (bicyclic) bond motifs is 7. The summed E-state index contributed by atoms with van der Waals surface area (Å²) in [7, 11) is 0. The molecule has 12 aromatic rings. The van der Waals surface area contributed by atoms with Gasteiger partial charge in [-0.1, -0.05) is 164 Å². The van der Waals surface area contributed by atoms with E-state index in [1.807, 2.05) is 54.6 Å². The maximum Gasteiger partial charge on any atom is 0.164 e. The van der Waals surface area contributed by atoms with E-state index < -0.39 is 0 Å². The molecule has 0 amide bonds. The Morgan fingerprint density at radius 3 is 1.53 bits per heavy atom. The number of nitrogens with zero attached hydrogens (tertiary/aromatic N) is 3. The minimum atomic E-state index is 0.555. The molecule has 0 aliphatic carbocycles. The zero-order chi connectivity index (χ0) is 39.6. The molecule has 0 atom stereocenters. The van der Waals surface area contributed by atoms with E-state index in [0.717, 1.165) is 88.4 Å². The predicted molar refractivity (Wildman–Crippen MR) is 245 cm³/mol. The van der Waals surface area contributed by atoms with Gasteiger partial charge in [-0.15, -0.1) is 0 Å². The van der Waals surface area contributed by atoms with E-state index in [2.05, 4.69) is 146 Å². The first-order chi connectivity index (χ1) is 29.7. The van der Waals surface area contributed by atoms with E-state index >= 15 is 0 Å². The Bertz CT molecular complexity index is 3600. The van der Waals surface area contributed by atoms with Gasteiger partial charge >= 0.3 is 0 Å². The van der Waals surface area contributed by atoms with Crippen LogP contribution in [0.5, 0.6) is 0 Å². The third-order valence-electron chi connectivity index (χ3n) is 11.5. The van der Waals surface area contributed by atoms with Crippen LogP contribution in [0.2, 0.25) is 0 Å². The lowest BCUT2D eigenvalue weighted by molar-refractivity contribution is 0.668. The monoisotopic (exact) mass is 767 g/mol. The molecule has 12 rings (SSSR count). The minimum absolute atomic E-state index is 0.555. The number of aromatic nitrogens is 3. The highest BCUT2D eigenvalue weighted by molar-refractivity contribution is 6.18. The molecule has 0 unspecified atom stereocenters. The number of benzene rings is 9. The van der Waals surface area contributed by atoms with Crippen LogP contribution in [0.25, 0.3) is 122 Å². The molecule has 60 heavy (non-hydrogen) atoms. The fourth-order valence-corrected chi connectivity index (χ4v) is 8.68. The summed E-state index contributed by atoms with van der Waals surface area (Å²) in [5, 5.41) is 6.37. The van der Waals surface area contributed by atoms with Crippen LogP contribution in [0.3, 0.4) is 0 Å². The molecule has 0 N–H and O–H groups in total. The van der Waals surface area contributed by atoms with Gasteiger partial charge in [0.1, 0.15) is 22.3 Å². The highest BCUT2D eigenvalue weighted by atomic mass is 16.3. The highest BCUT2D eigenvalue weighted by Crippen LogP contribution is 2.43. The van der Waals surface area contributed by atoms with Gasteiger partial charge in [0.25, 0.3) is 0 Å². The summed E-state index contributed by atoms with van der Waals surface area (Å²) in [6, 6.07) is 69.3. The fraction of sp³-hybridized carbons (Fsp3) is 0. The molecule has 3 heterocycles. The molecule has 3 aromatic heterocycles. The van der Waals surface area contributed by atoms with E-state index in [9.17, 15) is 0 Å². The molecule has 0 fully saturated rings. The van der Waals surface area contributed by atoms with Gasteiger partial charge in [0.2, 0.25) is 0 Å². The van der Waals surface area contributed by atoms with Crippen molar-refractivity contribution in [2.24, 2.45) is 0 Å². The first kappa shape index (κ1) is 33.9. The van der Waals surface area contributed by atoms with Crippen LogP contribution in [0.4, 0.5) is 0 Å². The van der Waals surface area contributed by atoms with E-state index in [1.165, 1.54) is 16.3 Å². The number of hydrogen-bond donors (Lipinski definition) is 0. The smallest absolute Gasteiger partial charge is 0.164 e. The Kier molecular flexibility index (Phi) is 7.78. The van der Waals surface area contributed by atoms with E-state index in [4.69, 9.17) is 23.8 Å². The van der Waals surface area contributed by atoms with Gasteiger partial charge in [-0.25, -0.2) is 15.0 Å². The summed E-state index contributed by atoms with van der Waals surface area (Å²) in [6.45, 7) is 0. The number of hydrogen-bond acceptors (Lipinski definition) is 5. The second kappa shape index (κ2) is 13.8. The summed E-state index contributed by atoms with van der Waals surface area (Å²) >= 11 is 0. The quantitative estimate of drug-likeness (QED) is 0.169. The van der Waals surface area contributed by atoms with E-state index in [1.54, 1.807) is 0 Å². The van der Waals surface area contributed by atoms with Crippen LogP contribution >= 0.6 is 0 Å². The molecule has 280 valence electrons. The van der Waals surface area contributed by atoms with Crippen molar-refractivity contribution in [1.82, 2.24) is 15.0 Å². The third kappa shape index (κ3) is 5.67. The van der Waals surface area contributed by atoms with Crippen LogP contribution in [-0.2, 0) is 0 Å². The standard InChI is InChI=1S/C55H33N3O2/c1-2-12-34(13-3-1)39-16-8-17-41(33-39)42-19-9-24-48-51(42)52-45(21-11-25-49(52)60-48)55-57-53(37-29-26-36(27-30-37)40-31-28-35-14-4-5-15-38(35)32-40)56-54(58-55)44-20-10-23-47-50(44)43-18-6-7-22-46(43)59-47/h1-33H. The van der Waals surface area contributed by atoms with Crippen LogP contribution < -0.4 is 0 Å². The predicted octanol–water partition coefficient (Wildman–Crippen LogP) is 14.8. The molecular formula is C55H33N3O2. The Labute approximate surface area is 344 Å². The molecule has 0 radical (unpaired) electrons. The molecule has 0 spiro atoms. The molecule has 0 bridgehead atoms. The summed E-state index contributed by atoms with van der Waals surface area (Å²) in [5.74, 6) is 1.69. The van der Waals surface area contributed by atoms with Crippen LogP contribution in [0, 0.1) is 0 Å². The molecule has 0 saturated heterocycles. The second-order valence-corrected chi connectivity index (χ2v) is 15.1. The number of furan rings is 2. The van der Waals surface area contributed by atoms with Gasteiger partial charge in [0, 0.05) is 38.2 Å². The third-order valence-corrected chi connectivity index (χ3v) is 11.5. The maximum absolute atomic E-state index is 6.62. The average molecular weight is 768 g/mol. The lowest BCUT2D eigenvalue weighted by Gasteiger charge is -2.11. The van der Waals surface area contributed by atoms with Gasteiger partial charge in [0.15, 0.2) is 17.5 Å². The molecule has 0 aliphatic heterocycles. The molecule has 9 aromatic carbocycles. The fourth-order valence-electron chi connectivity index (χ4n) is 8.68. The van der Waals surface area contributed by atoms with Crippen molar-refractivity contribution in [3.8, 4) is 67.5 Å². The number of rotatable bonds is 6. The molecule has 5 nitrogen and oxygen atoms in total. The van der Waals surface area contributed by atoms with Crippen molar-refractivity contribution in [2.45, 2.75) is 0 Å². The normalized spacial score (nSPS) is 11.7.